The molecule has 0 atom stereocenters. The number of urea groups is 1. The van der Waals surface area contributed by atoms with Gasteiger partial charge in [-0.3, -0.25) is 0 Å². The molecule has 0 saturated heterocycles. The SMILES string of the molecule is CCOC(=O)c1ccn(-c2cccc(NC(=O)NCCCOC3CCCCC3)c2)n1. The van der Waals surface area contributed by atoms with Gasteiger partial charge in [0.2, 0.25) is 0 Å². The first kappa shape index (κ1) is 21.8. The molecule has 1 aromatic heterocycles. The van der Waals surface area contributed by atoms with Crippen LogP contribution in [-0.4, -0.2) is 47.6 Å². The van der Waals surface area contributed by atoms with Crippen molar-refractivity contribution in [2.45, 2.75) is 51.6 Å². The van der Waals surface area contributed by atoms with Gasteiger partial charge in [-0.15, -0.1) is 0 Å². The quantitative estimate of drug-likeness (QED) is 0.479. The van der Waals surface area contributed by atoms with Crippen molar-refractivity contribution in [1.29, 1.82) is 0 Å². The van der Waals surface area contributed by atoms with E-state index in [1.54, 1.807) is 36.0 Å². The number of anilines is 1. The summed E-state index contributed by atoms with van der Waals surface area (Å²) in [6.07, 6.45) is 8.99. The van der Waals surface area contributed by atoms with E-state index in [4.69, 9.17) is 9.47 Å². The second-order valence-corrected chi connectivity index (χ2v) is 7.28. The predicted octanol–water partition coefficient (Wildman–Crippen LogP) is 3.91. The summed E-state index contributed by atoms with van der Waals surface area (Å²) in [5.41, 5.74) is 1.60. The van der Waals surface area contributed by atoms with Gasteiger partial charge < -0.3 is 20.1 Å². The van der Waals surface area contributed by atoms with Gasteiger partial charge >= 0.3 is 12.0 Å². The molecule has 1 heterocycles. The van der Waals surface area contributed by atoms with Crippen molar-refractivity contribution in [2.24, 2.45) is 0 Å². The van der Waals surface area contributed by atoms with E-state index >= 15 is 0 Å². The molecule has 2 amide bonds. The fourth-order valence-electron chi connectivity index (χ4n) is 3.44. The molecule has 1 fully saturated rings. The fourth-order valence-corrected chi connectivity index (χ4v) is 3.44. The summed E-state index contributed by atoms with van der Waals surface area (Å²) in [5.74, 6) is -0.461. The molecule has 0 spiro atoms. The van der Waals surface area contributed by atoms with Crippen molar-refractivity contribution >= 4 is 17.7 Å². The molecule has 162 valence electrons. The minimum atomic E-state index is -0.461. The van der Waals surface area contributed by atoms with Gasteiger partial charge in [-0.2, -0.15) is 5.10 Å². The molecule has 1 aliphatic rings. The summed E-state index contributed by atoms with van der Waals surface area (Å²) in [5, 5.41) is 9.89. The average molecular weight is 415 g/mol. The van der Waals surface area contributed by atoms with E-state index in [2.05, 4.69) is 15.7 Å². The smallest absolute Gasteiger partial charge is 0.358 e. The predicted molar refractivity (Wildman–Crippen MR) is 114 cm³/mol. The van der Waals surface area contributed by atoms with Crippen molar-refractivity contribution in [3.63, 3.8) is 0 Å². The number of nitrogens with zero attached hydrogens (tertiary/aromatic N) is 2. The number of carbonyl (C=O) groups excluding carboxylic acids is 2. The molecule has 2 aromatic rings. The largest absolute Gasteiger partial charge is 0.461 e. The number of nitrogens with one attached hydrogen (secondary N) is 2. The van der Waals surface area contributed by atoms with Gasteiger partial charge in [0.25, 0.3) is 0 Å². The standard InChI is InChI=1S/C22H30N4O4/c1-2-29-21(27)20-12-14-26(25-20)18-9-6-8-17(16-18)24-22(28)23-13-7-15-30-19-10-4-3-5-11-19/h6,8-9,12,14,16,19H,2-5,7,10-11,13,15H2,1H3,(H2,23,24,28). The number of ether oxygens (including phenoxy) is 2. The normalized spacial score (nSPS) is 14.3. The molecule has 0 aliphatic heterocycles. The lowest BCUT2D eigenvalue weighted by atomic mass is 9.98. The third kappa shape index (κ3) is 6.59. The number of aromatic nitrogens is 2. The van der Waals surface area contributed by atoms with E-state index < -0.39 is 5.97 Å². The lowest BCUT2D eigenvalue weighted by Gasteiger charge is -2.21. The zero-order valence-electron chi connectivity index (χ0n) is 17.4. The number of rotatable bonds is 9. The van der Waals surface area contributed by atoms with Crippen LogP contribution in [0, 0.1) is 0 Å². The molecule has 0 unspecified atom stereocenters. The van der Waals surface area contributed by atoms with Gasteiger partial charge in [0.1, 0.15) is 0 Å². The van der Waals surface area contributed by atoms with Crippen LogP contribution in [0.25, 0.3) is 5.69 Å². The Hall–Kier alpha value is -2.87. The lowest BCUT2D eigenvalue weighted by Crippen LogP contribution is -2.30. The highest BCUT2D eigenvalue weighted by atomic mass is 16.5. The molecule has 0 radical (unpaired) electrons. The molecular formula is C22H30N4O4. The number of benzene rings is 1. The molecule has 8 heteroatoms. The van der Waals surface area contributed by atoms with Crippen LogP contribution in [0.1, 0.15) is 55.9 Å². The van der Waals surface area contributed by atoms with Crippen LogP contribution in [-0.2, 0) is 9.47 Å². The van der Waals surface area contributed by atoms with Gasteiger partial charge in [-0.05, 0) is 50.5 Å². The van der Waals surface area contributed by atoms with Gasteiger partial charge in [0, 0.05) is 25.0 Å². The second kappa shape index (κ2) is 11.3. The maximum atomic E-state index is 12.1. The lowest BCUT2D eigenvalue weighted by molar-refractivity contribution is 0.0276. The molecular weight excluding hydrogens is 384 g/mol. The van der Waals surface area contributed by atoms with Crippen molar-refractivity contribution < 1.29 is 19.1 Å². The summed E-state index contributed by atoms with van der Waals surface area (Å²) < 4.78 is 12.4. The Morgan fingerprint density at radius 3 is 2.83 bits per heavy atom. The summed E-state index contributed by atoms with van der Waals surface area (Å²) in [6.45, 7) is 3.27. The van der Waals surface area contributed by atoms with E-state index in [1.165, 1.54) is 19.3 Å². The van der Waals surface area contributed by atoms with Crippen LogP contribution in [0.4, 0.5) is 10.5 Å². The van der Waals surface area contributed by atoms with Gasteiger partial charge in [0.15, 0.2) is 5.69 Å². The Morgan fingerprint density at radius 1 is 1.20 bits per heavy atom. The molecule has 1 aromatic carbocycles. The molecule has 1 aliphatic carbocycles. The molecule has 1 saturated carbocycles. The van der Waals surface area contributed by atoms with Crippen LogP contribution in [0.2, 0.25) is 0 Å². The summed E-state index contributed by atoms with van der Waals surface area (Å²) in [7, 11) is 0. The summed E-state index contributed by atoms with van der Waals surface area (Å²) in [6, 6.07) is 8.57. The van der Waals surface area contributed by atoms with Crippen molar-refractivity contribution in [3.8, 4) is 5.69 Å². The topological polar surface area (TPSA) is 94.5 Å². The average Bonchev–Trinajstić information content (AvgIpc) is 3.25. The van der Waals surface area contributed by atoms with Crippen molar-refractivity contribution in [2.75, 3.05) is 25.1 Å². The van der Waals surface area contributed by atoms with E-state index in [0.29, 0.717) is 31.5 Å². The molecule has 0 bridgehead atoms. The first-order valence-corrected chi connectivity index (χ1v) is 10.7. The van der Waals surface area contributed by atoms with Gasteiger partial charge in [-0.1, -0.05) is 25.3 Å². The third-order valence-corrected chi connectivity index (χ3v) is 4.95. The number of amides is 2. The van der Waals surface area contributed by atoms with Gasteiger partial charge in [0.05, 0.1) is 18.4 Å². The highest BCUT2D eigenvalue weighted by molar-refractivity contribution is 5.89. The van der Waals surface area contributed by atoms with Crippen LogP contribution in [0.3, 0.4) is 0 Å². The Bertz CT molecular complexity index is 830. The fraction of sp³-hybridized carbons (Fsp3) is 0.500. The molecule has 8 nitrogen and oxygen atoms in total. The highest BCUT2D eigenvalue weighted by Gasteiger charge is 2.13. The van der Waals surface area contributed by atoms with Crippen LogP contribution < -0.4 is 10.6 Å². The Kier molecular flexibility index (Phi) is 8.26. The van der Waals surface area contributed by atoms with Crippen LogP contribution >= 0.6 is 0 Å². The maximum Gasteiger partial charge on any atom is 0.358 e. The molecule has 30 heavy (non-hydrogen) atoms. The molecule has 2 N–H and O–H groups in total. The highest BCUT2D eigenvalue weighted by Crippen LogP contribution is 2.20. The summed E-state index contributed by atoms with van der Waals surface area (Å²) in [4.78, 5) is 23.9. The van der Waals surface area contributed by atoms with E-state index in [-0.39, 0.29) is 11.7 Å². The minimum Gasteiger partial charge on any atom is -0.461 e. The zero-order valence-corrected chi connectivity index (χ0v) is 17.4. The Balaban J connectivity index is 1.43. The maximum absolute atomic E-state index is 12.1. The number of hydrogen-bond acceptors (Lipinski definition) is 5. The van der Waals surface area contributed by atoms with Crippen molar-refractivity contribution in [3.05, 3.63) is 42.2 Å². The number of carbonyl (C=O) groups is 2. The monoisotopic (exact) mass is 414 g/mol. The van der Waals surface area contributed by atoms with Crippen LogP contribution in [0.15, 0.2) is 36.5 Å². The first-order valence-electron chi connectivity index (χ1n) is 10.7. The van der Waals surface area contributed by atoms with E-state index in [0.717, 1.165) is 24.9 Å². The van der Waals surface area contributed by atoms with E-state index in [1.807, 2.05) is 12.1 Å². The Labute approximate surface area is 176 Å². The second-order valence-electron chi connectivity index (χ2n) is 7.28. The third-order valence-electron chi connectivity index (χ3n) is 4.95. The van der Waals surface area contributed by atoms with Gasteiger partial charge in [-0.25, -0.2) is 14.3 Å². The number of hydrogen-bond donors (Lipinski definition) is 2. The Morgan fingerprint density at radius 2 is 2.03 bits per heavy atom. The minimum absolute atomic E-state index is 0.239. The summed E-state index contributed by atoms with van der Waals surface area (Å²) >= 11 is 0. The zero-order chi connectivity index (χ0) is 21.2. The van der Waals surface area contributed by atoms with E-state index in [9.17, 15) is 9.59 Å². The first-order chi connectivity index (χ1) is 14.7. The number of esters is 1. The van der Waals surface area contributed by atoms with Crippen LogP contribution in [0.5, 0.6) is 0 Å². The molecule has 3 rings (SSSR count). The van der Waals surface area contributed by atoms with Crippen molar-refractivity contribution in [1.82, 2.24) is 15.1 Å².